The van der Waals surface area contributed by atoms with Crippen LogP contribution in [0.1, 0.15) is 19.3 Å². The summed E-state index contributed by atoms with van der Waals surface area (Å²) in [5.74, 6) is 0.881. The molecule has 8 nitrogen and oxygen atoms in total. The molecule has 0 radical (unpaired) electrons. The second-order valence-electron chi connectivity index (χ2n) is 5.31. The van der Waals surface area contributed by atoms with E-state index in [-0.39, 0.29) is 11.5 Å². The molecule has 1 aliphatic heterocycles. The molecule has 2 heterocycles. The second-order valence-corrected chi connectivity index (χ2v) is 5.31. The number of hydrogen-bond donors (Lipinski definition) is 1. The average Bonchev–Trinajstić information content (AvgIpc) is 3.12. The van der Waals surface area contributed by atoms with Gasteiger partial charge in [-0.15, -0.1) is 0 Å². The summed E-state index contributed by atoms with van der Waals surface area (Å²) >= 11 is 0. The molecule has 1 saturated heterocycles. The molecule has 1 atom stereocenters. The highest BCUT2D eigenvalue weighted by Crippen LogP contribution is 2.32. The molecule has 1 saturated carbocycles. The Morgan fingerprint density at radius 2 is 2.30 bits per heavy atom. The fourth-order valence-corrected chi connectivity index (χ4v) is 2.44. The van der Waals surface area contributed by atoms with E-state index in [1.165, 1.54) is 6.20 Å². The van der Waals surface area contributed by atoms with Crippen molar-refractivity contribution in [2.24, 2.45) is 5.92 Å². The van der Waals surface area contributed by atoms with Crippen LogP contribution in [-0.2, 0) is 4.74 Å². The van der Waals surface area contributed by atoms with Crippen LogP contribution < -0.4 is 10.6 Å². The molecular formula is C12H17N5O3. The molecule has 0 spiro atoms. The first-order valence-corrected chi connectivity index (χ1v) is 6.76. The van der Waals surface area contributed by atoms with Crippen LogP contribution >= 0.6 is 0 Å². The minimum Gasteiger partial charge on any atom is -0.381 e. The minimum atomic E-state index is -0.564. The van der Waals surface area contributed by atoms with Gasteiger partial charge in [0, 0.05) is 25.1 Å². The fraction of sp³-hybridized carbons (Fsp3) is 0.667. The Hall–Kier alpha value is -1.96. The van der Waals surface area contributed by atoms with Gasteiger partial charge >= 0.3 is 5.69 Å². The van der Waals surface area contributed by atoms with E-state index < -0.39 is 4.92 Å². The Bertz CT molecular complexity index is 514. The number of aromatic nitrogens is 2. The topological polar surface area (TPSA) is 107 Å². The van der Waals surface area contributed by atoms with Crippen LogP contribution in [0.25, 0.3) is 0 Å². The highest BCUT2D eigenvalue weighted by molar-refractivity contribution is 5.54. The fourth-order valence-electron chi connectivity index (χ4n) is 2.44. The Kier molecular flexibility index (Phi) is 3.39. The monoisotopic (exact) mass is 279 g/mol. The van der Waals surface area contributed by atoms with Gasteiger partial charge in [0.25, 0.3) is 0 Å². The van der Waals surface area contributed by atoms with Gasteiger partial charge in [0.2, 0.25) is 11.8 Å². The second kappa shape index (κ2) is 5.20. The van der Waals surface area contributed by atoms with Gasteiger partial charge in [-0.05, 0) is 19.3 Å². The van der Waals surface area contributed by atoms with Crippen LogP contribution in [0.3, 0.4) is 0 Å². The summed E-state index contributed by atoms with van der Waals surface area (Å²) < 4.78 is 5.39. The van der Waals surface area contributed by atoms with Gasteiger partial charge in [-0.3, -0.25) is 10.1 Å². The number of ether oxygens (including phenoxy) is 1. The van der Waals surface area contributed by atoms with Crippen molar-refractivity contribution in [3.63, 3.8) is 0 Å². The van der Waals surface area contributed by atoms with Gasteiger partial charge in [-0.1, -0.05) is 0 Å². The minimum absolute atomic E-state index is 0.0756. The van der Waals surface area contributed by atoms with Crippen molar-refractivity contribution < 1.29 is 9.66 Å². The Balaban J connectivity index is 1.80. The van der Waals surface area contributed by atoms with E-state index >= 15 is 0 Å². The number of anilines is 2. The van der Waals surface area contributed by atoms with Gasteiger partial charge in [-0.25, -0.2) is 4.98 Å². The number of nitrogens with two attached hydrogens (primary N) is 1. The third kappa shape index (κ3) is 2.64. The lowest BCUT2D eigenvalue weighted by Gasteiger charge is -2.24. The molecule has 2 aliphatic rings. The third-order valence-electron chi connectivity index (χ3n) is 3.71. The lowest BCUT2D eigenvalue weighted by Crippen LogP contribution is -2.33. The number of rotatable bonds is 5. The van der Waals surface area contributed by atoms with Crippen LogP contribution in [-0.4, -0.2) is 40.7 Å². The molecule has 1 aromatic heterocycles. The van der Waals surface area contributed by atoms with Gasteiger partial charge in [-0.2, -0.15) is 4.98 Å². The largest absolute Gasteiger partial charge is 0.381 e. The lowest BCUT2D eigenvalue weighted by molar-refractivity contribution is -0.384. The molecule has 20 heavy (non-hydrogen) atoms. The zero-order valence-electron chi connectivity index (χ0n) is 11.1. The van der Waals surface area contributed by atoms with Crippen molar-refractivity contribution in [3.8, 4) is 0 Å². The highest BCUT2D eigenvalue weighted by Gasteiger charge is 2.34. The summed E-state index contributed by atoms with van der Waals surface area (Å²) in [6.07, 6.45) is 4.44. The highest BCUT2D eigenvalue weighted by atomic mass is 16.6. The van der Waals surface area contributed by atoms with Gasteiger partial charge in [0.05, 0.1) is 11.5 Å². The molecule has 8 heteroatoms. The Morgan fingerprint density at radius 1 is 1.50 bits per heavy atom. The maximum atomic E-state index is 10.7. The summed E-state index contributed by atoms with van der Waals surface area (Å²) in [4.78, 5) is 20.5. The molecule has 3 rings (SSSR count). The van der Waals surface area contributed by atoms with Crippen LogP contribution in [0.4, 0.5) is 17.5 Å². The van der Waals surface area contributed by atoms with Crippen molar-refractivity contribution in [1.82, 2.24) is 9.97 Å². The summed E-state index contributed by atoms with van der Waals surface area (Å²) in [5.41, 5.74) is 5.40. The van der Waals surface area contributed by atoms with E-state index in [0.717, 1.165) is 39.0 Å². The molecule has 0 aromatic carbocycles. The maximum absolute atomic E-state index is 10.7. The quantitative estimate of drug-likeness (QED) is 0.632. The molecule has 1 aliphatic carbocycles. The Labute approximate surface area is 116 Å². The van der Waals surface area contributed by atoms with E-state index in [4.69, 9.17) is 10.5 Å². The Morgan fingerprint density at radius 3 is 2.85 bits per heavy atom. The van der Waals surface area contributed by atoms with Crippen molar-refractivity contribution in [2.75, 3.05) is 30.4 Å². The van der Waals surface area contributed by atoms with Crippen LogP contribution in [0.5, 0.6) is 0 Å². The van der Waals surface area contributed by atoms with E-state index in [9.17, 15) is 10.1 Å². The van der Waals surface area contributed by atoms with Gasteiger partial charge in [0.1, 0.15) is 6.20 Å². The number of nitrogens with zero attached hydrogens (tertiary/aromatic N) is 4. The number of nitrogen functional groups attached to an aromatic ring is 1. The number of nitro groups is 1. The SMILES string of the molecule is Nc1nc(N(C[C@@H]2CCOC2)C2CC2)ncc1[N+](=O)[O-]. The predicted octanol–water partition coefficient (Wildman–Crippen LogP) is 0.972. The van der Waals surface area contributed by atoms with Gasteiger partial charge in [0.15, 0.2) is 0 Å². The summed E-state index contributed by atoms with van der Waals surface area (Å²) in [5, 5.41) is 10.7. The molecule has 1 aromatic rings. The lowest BCUT2D eigenvalue weighted by atomic mass is 10.1. The van der Waals surface area contributed by atoms with Crippen molar-refractivity contribution in [1.29, 1.82) is 0 Å². The number of hydrogen-bond acceptors (Lipinski definition) is 7. The summed E-state index contributed by atoms with van der Waals surface area (Å²) in [7, 11) is 0. The van der Waals surface area contributed by atoms with Crippen molar-refractivity contribution in [3.05, 3.63) is 16.3 Å². The van der Waals surface area contributed by atoms with E-state index in [0.29, 0.717) is 17.9 Å². The zero-order chi connectivity index (χ0) is 14.1. The molecular weight excluding hydrogens is 262 g/mol. The van der Waals surface area contributed by atoms with E-state index in [1.54, 1.807) is 0 Å². The molecule has 2 N–H and O–H groups in total. The van der Waals surface area contributed by atoms with Crippen LogP contribution in [0.2, 0.25) is 0 Å². The van der Waals surface area contributed by atoms with Crippen LogP contribution in [0.15, 0.2) is 6.20 Å². The normalized spacial score (nSPS) is 21.9. The first-order valence-electron chi connectivity index (χ1n) is 6.76. The first-order chi connectivity index (χ1) is 9.65. The first kappa shape index (κ1) is 13.0. The molecule has 0 unspecified atom stereocenters. The standard InChI is InChI=1S/C12H17N5O3/c13-11-10(17(18)19)5-14-12(15-11)16(9-1-2-9)6-8-3-4-20-7-8/h5,8-9H,1-4,6-7H2,(H2,13,14,15)/t8-/m0/s1. The summed E-state index contributed by atoms with van der Waals surface area (Å²) in [6.45, 7) is 2.38. The van der Waals surface area contributed by atoms with Crippen molar-refractivity contribution in [2.45, 2.75) is 25.3 Å². The van der Waals surface area contributed by atoms with Crippen molar-refractivity contribution >= 4 is 17.5 Å². The molecule has 2 fully saturated rings. The molecule has 0 bridgehead atoms. The smallest absolute Gasteiger partial charge is 0.329 e. The van der Waals surface area contributed by atoms with Crippen LogP contribution in [0, 0.1) is 16.0 Å². The predicted molar refractivity (Wildman–Crippen MR) is 72.4 cm³/mol. The third-order valence-corrected chi connectivity index (χ3v) is 3.71. The summed E-state index contributed by atoms with van der Waals surface area (Å²) in [6, 6.07) is 0.427. The maximum Gasteiger partial charge on any atom is 0.329 e. The molecule has 0 amide bonds. The average molecular weight is 279 g/mol. The molecule has 108 valence electrons. The van der Waals surface area contributed by atoms with Gasteiger partial charge < -0.3 is 15.4 Å². The van der Waals surface area contributed by atoms with E-state index in [1.807, 2.05) is 0 Å². The van der Waals surface area contributed by atoms with E-state index in [2.05, 4.69) is 14.9 Å². The zero-order valence-corrected chi connectivity index (χ0v) is 11.1.